The molecular weight excluding hydrogens is 297 g/mol. The van der Waals surface area contributed by atoms with Crippen molar-refractivity contribution in [1.29, 1.82) is 0 Å². The van der Waals surface area contributed by atoms with E-state index < -0.39 is 15.8 Å². The summed E-state index contributed by atoms with van der Waals surface area (Å²) in [6.45, 7) is 0. The van der Waals surface area contributed by atoms with E-state index in [-0.39, 0.29) is 16.3 Å². The van der Waals surface area contributed by atoms with Gasteiger partial charge in [-0.05, 0) is 36.4 Å². The summed E-state index contributed by atoms with van der Waals surface area (Å²) in [5.41, 5.74) is 0.115. The lowest BCUT2D eigenvalue weighted by molar-refractivity contribution is 0.386. The second kappa shape index (κ2) is 6.01. The number of nitrogens with one attached hydrogen (secondary N) is 1. The van der Waals surface area contributed by atoms with Crippen LogP contribution in [0.5, 0.6) is 11.5 Å². The third-order valence-corrected chi connectivity index (χ3v) is 4.17. The van der Waals surface area contributed by atoms with Gasteiger partial charge in [0.1, 0.15) is 5.75 Å². The summed E-state index contributed by atoms with van der Waals surface area (Å²) in [5.74, 6) is -0.0562. The molecule has 1 N–H and O–H groups in total. The molecular formula is C14H14FNO4S. The van der Waals surface area contributed by atoms with Crippen LogP contribution >= 0.6 is 0 Å². The lowest BCUT2D eigenvalue weighted by Crippen LogP contribution is -2.13. The minimum Gasteiger partial charge on any atom is -0.497 e. The first-order valence-corrected chi connectivity index (χ1v) is 7.45. The molecule has 0 radical (unpaired) electrons. The Bertz CT molecular complexity index is 729. The summed E-state index contributed by atoms with van der Waals surface area (Å²) in [7, 11) is -0.967. The highest BCUT2D eigenvalue weighted by Gasteiger charge is 2.15. The van der Waals surface area contributed by atoms with Crippen molar-refractivity contribution >= 4 is 15.7 Å². The molecule has 5 nitrogen and oxygen atoms in total. The van der Waals surface area contributed by atoms with E-state index in [0.29, 0.717) is 5.75 Å². The van der Waals surface area contributed by atoms with E-state index >= 15 is 0 Å². The average Bonchev–Trinajstić information content (AvgIpc) is 2.47. The van der Waals surface area contributed by atoms with E-state index in [9.17, 15) is 12.8 Å². The predicted octanol–water partition coefficient (Wildman–Crippen LogP) is 2.64. The molecule has 0 spiro atoms. The van der Waals surface area contributed by atoms with Crippen LogP contribution in [0, 0.1) is 5.82 Å². The van der Waals surface area contributed by atoms with Crippen molar-refractivity contribution in [3.05, 3.63) is 48.3 Å². The molecule has 0 saturated carbocycles. The van der Waals surface area contributed by atoms with Crippen molar-refractivity contribution < 1.29 is 22.3 Å². The van der Waals surface area contributed by atoms with Gasteiger partial charge < -0.3 is 9.47 Å². The molecule has 0 aromatic heterocycles. The van der Waals surface area contributed by atoms with Crippen LogP contribution in [0.1, 0.15) is 0 Å². The number of hydrogen-bond acceptors (Lipinski definition) is 4. The van der Waals surface area contributed by atoms with Crippen molar-refractivity contribution in [1.82, 2.24) is 0 Å². The first-order chi connectivity index (χ1) is 9.96. The van der Waals surface area contributed by atoms with Gasteiger partial charge in [-0.3, -0.25) is 4.72 Å². The van der Waals surface area contributed by atoms with Crippen LogP contribution in [0.2, 0.25) is 0 Å². The maximum absolute atomic E-state index is 13.6. The van der Waals surface area contributed by atoms with Crippen LogP contribution in [-0.2, 0) is 10.0 Å². The minimum absolute atomic E-state index is 0.0439. The van der Waals surface area contributed by atoms with Crippen LogP contribution in [0.4, 0.5) is 10.1 Å². The molecule has 0 amide bonds. The van der Waals surface area contributed by atoms with Crippen LogP contribution in [-0.4, -0.2) is 22.6 Å². The quantitative estimate of drug-likeness (QED) is 0.922. The number of sulfonamides is 1. The van der Waals surface area contributed by atoms with Crippen LogP contribution < -0.4 is 14.2 Å². The van der Waals surface area contributed by atoms with Crippen LogP contribution in [0.3, 0.4) is 0 Å². The van der Waals surface area contributed by atoms with Gasteiger partial charge in [0.15, 0.2) is 11.6 Å². The maximum atomic E-state index is 13.6. The van der Waals surface area contributed by atoms with E-state index in [2.05, 4.69) is 4.72 Å². The molecule has 112 valence electrons. The van der Waals surface area contributed by atoms with Gasteiger partial charge in [-0.1, -0.05) is 0 Å². The van der Waals surface area contributed by atoms with Gasteiger partial charge in [0.2, 0.25) is 0 Å². The van der Waals surface area contributed by atoms with Gasteiger partial charge in [-0.2, -0.15) is 0 Å². The summed E-state index contributed by atoms with van der Waals surface area (Å²) >= 11 is 0. The zero-order valence-electron chi connectivity index (χ0n) is 11.5. The summed E-state index contributed by atoms with van der Waals surface area (Å²) in [6, 6.07) is 9.69. The number of methoxy groups -OCH3 is 2. The van der Waals surface area contributed by atoms with Gasteiger partial charge in [-0.15, -0.1) is 0 Å². The van der Waals surface area contributed by atoms with Crippen molar-refractivity contribution in [3.63, 3.8) is 0 Å². The Kier molecular flexibility index (Phi) is 4.32. The number of ether oxygens (including phenoxy) is 2. The largest absolute Gasteiger partial charge is 0.497 e. The van der Waals surface area contributed by atoms with Gasteiger partial charge in [0.25, 0.3) is 10.0 Å². The van der Waals surface area contributed by atoms with E-state index in [1.807, 2.05) is 0 Å². The number of rotatable bonds is 5. The van der Waals surface area contributed by atoms with Crippen LogP contribution in [0.15, 0.2) is 47.4 Å². The molecule has 0 unspecified atom stereocenters. The highest BCUT2D eigenvalue weighted by molar-refractivity contribution is 7.92. The molecule has 0 aliphatic carbocycles. The highest BCUT2D eigenvalue weighted by Crippen LogP contribution is 2.23. The molecule has 0 fully saturated rings. The zero-order valence-corrected chi connectivity index (χ0v) is 12.3. The molecule has 0 aliphatic heterocycles. The molecule has 0 saturated heterocycles. The smallest absolute Gasteiger partial charge is 0.261 e. The lowest BCUT2D eigenvalue weighted by Gasteiger charge is -2.10. The molecule has 0 aliphatic rings. The molecule has 0 bridgehead atoms. The Labute approximate surface area is 122 Å². The van der Waals surface area contributed by atoms with Gasteiger partial charge in [0.05, 0.1) is 24.8 Å². The van der Waals surface area contributed by atoms with Crippen LogP contribution in [0.25, 0.3) is 0 Å². The standard InChI is InChI=1S/C14H14FNO4S/c1-19-11-4-6-12(7-5-11)21(17,18)16-10-3-8-14(20-2)13(15)9-10/h3-9,16H,1-2H3. The predicted molar refractivity (Wildman–Crippen MR) is 76.8 cm³/mol. The number of benzene rings is 2. The molecule has 0 atom stereocenters. The first-order valence-electron chi connectivity index (χ1n) is 5.96. The minimum atomic E-state index is -3.79. The Morgan fingerprint density at radius 2 is 1.67 bits per heavy atom. The second-order valence-corrected chi connectivity index (χ2v) is 5.81. The fourth-order valence-corrected chi connectivity index (χ4v) is 2.75. The van der Waals surface area contributed by atoms with Gasteiger partial charge in [-0.25, -0.2) is 12.8 Å². The Morgan fingerprint density at radius 1 is 1.00 bits per heavy atom. The fraction of sp³-hybridized carbons (Fsp3) is 0.143. The molecule has 21 heavy (non-hydrogen) atoms. The van der Waals surface area contributed by atoms with Gasteiger partial charge >= 0.3 is 0 Å². The summed E-state index contributed by atoms with van der Waals surface area (Å²) in [4.78, 5) is 0.0551. The van der Waals surface area contributed by atoms with Crippen molar-refractivity contribution in [2.24, 2.45) is 0 Å². The molecule has 2 aromatic rings. The Hall–Kier alpha value is -2.28. The SMILES string of the molecule is COc1ccc(S(=O)(=O)Nc2ccc(OC)c(F)c2)cc1. The van der Waals surface area contributed by atoms with E-state index in [4.69, 9.17) is 9.47 Å². The third kappa shape index (κ3) is 3.43. The molecule has 7 heteroatoms. The second-order valence-electron chi connectivity index (χ2n) is 4.13. The number of halogens is 1. The monoisotopic (exact) mass is 311 g/mol. The fourth-order valence-electron chi connectivity index (χ4n) is 1.70. The van der Waals surface area contributed by atoms with Gasteiger partial charge in [0, 0.05) is 6.07 Å². The summed E-state index contributed by atoms with van der Waals surface area (Å²) in [5, 5.41) is 0. The highest BCUT2D eigenvalue weighted by atomic mass is 32.2. The normalized spacial score (nSPS) is 11.0. The topological polar surface area (TPSA) is 64.6 Å². The molecule has 2 aromatic carbocycles. The lowest BCUT2D eigenvalue weighted by atomic mass is 10.3. The number of hydrogen-bond donors (Lipinski definition) is 1. The van der Waals surface area contributed by atoms with E-state index in [1.165, 1.54) is 50.6 Å². The summed E-state index contributed by atoms with van der Waals surface area (Å²) in [6.07, 6.45) is 0. The van der Waals surface area contributed by atoms with E-state index in [0.717, 1.165) is 6.07 Å². The maximum Gasteiger partial charge on any atom is 0.261 e. The van der Waals surface area contributed by atoms with Crippen molar-refractivity contribution in [3.8, 4) is 11.5 Å². The Balaban J connectivity index is 2.26. The zero-order chi connectivity index (χ0) is 15.5. The first kappa shape index (κ1) is 15.1. The summed E-state index contributed by atoms with van der Waals surface area (Å²) < 4.78 is 49.9. The third-order valence-electron chi connectivity index (χ3n) is 2.77. The van der Waals surface area contributed by atoms with Crippen molar-refractivity contribution in [2.75, 3.05) is 18.9 Å². The van der Waals surface area contributed by atoms with Crippen molar-refractivity contribution in [2.45, 2.75) is 4.90 Å². The average molecular weight is 311 g/mol. The Morgan fingerprint density at radius 3 is 2.19 bits per heavy atom. The molecule has 2 rings (SSSR count). The molecule has 0 heterocycles. The number of anilines is 1. The van der Waals surface area contributed by atoms with E-state index in [1.54, 1.807) is 0 Å².